The zero-order valence-electron chi connectivity index (χ0n) is 10.4. The number of aryl methyl sites for hydroxylation is 1. The van der Waals surface area contributed by atoms with Gasteiger partial charge >= 0.3 is 0 Å². The molecule has 2 rings (SSSR count). The molecule has 0 saturated carbocycles. The Morgan fingerprint density at radius 1 is 1.65 bits per heavy atom. The van der Waals surface area contributed by atoms with E-state index in [9.17, 15) is 4.79 Å². The molecule has 2 heterocycles. The number of hydrogen-bond donors (Lipinski definition) is 1. The zero-order chi connectivity index (χ0) is 12.3. The fourth-order valence-corrected chi connectivity index (χ4v) is 2.06. The highest BCUT2D eigenvalue weighted by atomic mass is 16.5. The lowest BCUT2D eigenvalue weighted by molar-refractivity contribution is 0.0314. The quantitative estimate of drug-likeness (QED) is 0.856. The summed E-state index contributed by atoms with van der Waals surface area (Å²) in [5, 5.41) is 3.10. The van der Waals surface area contributed by atoms with E-state index in [1.54, 1.807) is 17.0 Å². The second-order valence-corrected chi connectivity index (χ2v) is 4.62. The highest BCUT2D eigenvalue weighted by Crippen LogP contribution is 2.24. The number of anilines is 1. The third kappa shape index (κ3) is 2.66. The molecule has 1 aromatic rings. The average Bonchev–Trinajstić information content (AvgIpc) is 2.75. The molecule has 0 amide bonds. The lowest BCUT2D eigenvalue weighted by atomic mass is 10.0. The summed E-state index contributed by atoms with van der Waals surface area (Å²) in [6, 6.07) is 0. The van der Waals surface area contributed by atoms with E-state index in [0.29, 0.717) is 18.9 Å². The van der Waals surface area contributed by atoms with Gasteiger partial charge in [-0.1, -0.05) is 0 Å². The van der Waals surface area contributed by atoms with Crippen molar-refractivity contribution in [3.05, 3.63) is 22.7 Å². The van der Waals surface area contributed by atoms with Crippen molar-refractivity contribution in [1.29, 1.82) is 0 Å². The van der Waals surface area contributed by atoms with Crippen LogP contribution in [0.2, 0.25) is 0 Å². The van der Waals surface area contributed by atoms with Crippen molar-refractivity contribution in [2.24, 2.45) is 0 Å². The third-order valence-corrected chi connectivity index (χ3v) is 3.18. The van der Waals surface area contributed by atoms with Gasteiger partial charge in [-0.05, 0) is 26.7 Å². The molecule has 1 saturated heterocycles. The number of rotatable bonds is 4. The van der Waals surface area contributed by atoms with E-state index in [1.807, 2.05) is 6.92 Å². The van der Waals surface area contributed by atoms with Gasteiger partial charge in [0, 0.05) is 32.1 Å². The molecule has 1 atom stereocenters. The normalized spacial score (nSPS) is 23.9. The van der Waals surface area contributed by atoms with E-state index in [2.05, 4.69) is 17.2 Å². The Bertz CT molecular complexity index is 436. The van der Waals surface area contributed by atoms with Gasteiger partial charge in [-0.25, -0.2) is 4.98 Å². The molecule has 5 heteroatoms. The van der Waals surface area contributed by atoms with Crippen molar-refractivity contribution in [1.82, 2.24) is 9.55 Å². The largest absolute Gasteiger partial charge is 0.373 e. The average molecular weight is 237 g/mol. The first kappa shape index (κ1) is 12.1. The molecule has 0 radical (unpaired) electrons. The summed E-state index contributed by atoms with van der Waals surface area (Å²) in [6.45, 7) is 6.09. The van der Waals surface area contributed by atoms with Gasteiger partial charge in [0.2, 0.25) is 0 Å². The maximum atomic E-state index is 11.9. The standard InChI is InChI=1S/C12H19N3O2/c1-3-15-7-6-13-10(11(15)16)14-9-12(2)5-4-8-17-12/h6-7H,3-5,8-9H2,1-2H3,(H,13,14). The number of ether oxygens (including phenoxy) is 1. The molecule has 1 aliphatic rings. The second kappa shape index (κ2) is 4.87. The predicted octanol–water partition coefficient (Wildman–Crippen LogP) is 1.24. The molecule has 0 spiro atoms. The number of nitrogens with one attached hydrogen (secondary N) is 1. The van der Waals surface area contributed by atoms with Gasteiger partial charge in [-0.3, -0.25) is 4.79 Å². The van der Waals surface area contributed by atoms with E-state index in [-0.39, 0.29) is 11.2 Å². The lowest BCUT2D eigenvalue weighted by Gasteiger charge is -2.23. The molecule has 1 aromatic heterocycles. The Morgan fingerprint density at radius 2 is 2.47 bits per heavy atom. The Morgan fingerprint density at radius 3 is 3.12 bits per heavy atom. The van der Waals surface area contributed by atoms with Crippen molar-refractivity contribution in [2.75, 3.05) is 18.5 Å². The van der Waals surface area contributed by atoms with Crippen LogP contribution in [0, 0.1) is 0 Å². The Hall–Kier alpha value is -1.36. The zero-order valence-corrected chi connectivity index (χ0v) is 10.4. The monoisotopic (exact) mass is 237 g/mol. The maximum absolute atomic E-state index is 11.9. The van der Waals surface area contributed by atoms with Gasteiger partial charge < -0.3 is 14.6 Å². The van der Waals surface area contributed by atoms with Gasteiger partial charge in [-0.15, -0.1) is 0 Å². The van der Waals surface area contributed by atoms with Crippen LogP contribution in [-0.4, -0.2) is 28.3 Å². The van der Waals surface area contributed by atoms with Crippen LogP contribution in [0.15, 0.2) is 17.2 Å². The van der Waals surface area contributed by atoms with E-state index in [0.717, 1.165) is 19.4 Å². The molecule has 1 aliphatic heterocycles. The second-order valence-electron chi connectivity index (χ2n) is 4.62. The van der Waals surface area contributed by atoms with Crippen LogP contribution in [0.1, 0.15) is 26.7 Å². The summed E-state index contributed by atoms with van der Waals surface area (Å²) in [5.41, 5.74) is -0.238. The van der Waals surface area contributed by atoms with Crippen LogP contribution in [-0.2, 0) is 11.3 Å². The minimum Gasteiger partial charge on any atom is -0.373 e. The van der Waals surface area contributed by atoms with E-state index >= 15 is 0 Å². The summed E-state index contributed by atoms with van der Waals surface area (Å²) >= 11 is 0. The first-order valence-corrected chi connectivity index (χ1v) is 6.08. The van der Waals surface area contributed by atoms with Crippen LogP contribution in [0.3, 0.4) is 0 Å². The highest BCUT2D eigenvalue weighted by molar-refractivity contribution is 5.31. The Kier molecular flexibility index (Phi) is 3.47. The van der Waals surface area contributed by atoms with Crippen LogP contribution in [0.5, 0.6) is 0 Å². The van der Waals surface area contributed by atoms with Crippen LogP contribution in [0.25, 0.3) is 0 Å². The van der Waals surface area contributed by atoms with Crippen molar-refractivity contribution in [3.63, 3.8) is 0 Å². The van der Waals surface area contributed by atoms with Gasteiger partial charge in [0.25, 0.3) is 5.56 Å². The van der Waals surface area contributed by atoms with Gasteiger partial charge in [0.15, 0.2) is 5.82 Å². The van der Waals surface area contributed by atoms with Crippen molar-refractivity contribution in [3.8, 4) is 0 Å². The smallest absolute Gasteiger partial charge is 0.293 e. The predicted molar refractivity (Wildman–Crippen MR) is 66.3 cm³/mol. The van der Waals surface area contributed by atoms with Crippen molar-refractivity contribution in [2.45, 2.75) is 38.8 Å². The first-order chi connectivity index (χ1) is 8.14. The Labute approximate surface area is 101 Å². The van der Waals surface area contributed by atoms with Gasteiger partial charge in [0.05, 0.1) is 5.60 Å². The first-order valence-electron chi connectivity index (χ1n) is 6.08. The van der Waals surface area contributed by atoms with Crippen LogP contribution in [0.4, 0.5) is 5.82 Å². The third-order valence-electron chi connectivity index (χ3n) is 3.18. The number of aromatic nitrogens is 2. The molecule has 1 unspecified atom stereocenters. The SMILES string of the molecule is CCn1ccnc(NCC2(C)CCCO2)c1=O. The summed E-state index contributed by atoms with van der Waals surface area (Å²) in [6.07, 6.45) is 5.45. The molecule has 1 fully saturated rings. The van der Waals surface area contributed by atoms with Gasteiger partial charge in [0.1, 0.15) is 0 Å². The molecule has 0 aliphatic carbocycles. The van der Waals surface area contributed by atoms with Gasteiger partial charge in [-0.2, -0.15) is 0 Å². The minimum atomic E-state index is -0.166. The number of hydrogen-bond acceptors (Lipinski definition) is 4. The molecule has 94 valence electrons. The Balaban J connectivity index is 2.06. The molecule has 0 aromatic carbocycles. The van der Waals surface area contributed by atoms with Crippen LogP contribution < -0.4 is 10.9 Å². The number of nitrogens with zero attached hydrogens (tertiary/aromatic N) is 2. The van der Waals surface area contributed by atoms with Crippen LogP contribution >= 0.6 is 0 Å². The van der Waals surface area contributed by atoms with E-state index in [1.165, 1.54) is 0 Å². The topological polar surface area (TPSA) is 56.1 Å². The van der Waals surface area contributed by atoms with E-state index in [4.69, 9.17) is 4.74 Å². The molecular weight excluding hydrogens is 218 g/mol. The molecule has 17 heavy (non-hydrogen) atoms. The molecular formula is C12H19N3O2. The fourth-order valence-electron chi connectivity index (χ4n) is 2.06. The summed E-state index contributed by atoms with van der Waals surface area (Å²) in [7, 11) is 0. The van der Waals surface area contributed by atoms with Crippen molar-refractivity contribution >= 4 is 5.82 Å². The molecule has 0 bridgehead atoms. The fraction of sp³-hybridized carbons (Fsp3) is 0.667. The lowest BCUT2D eigenvalue weighted by Crippen LogP contribution is -2.35. The summed E-state index contributed by atoms with van der Waals surface area (Å²) in [5.74, 6) is 0.408. The molecule has 1 N–H and O–H groups in total. The summed E-state index contributed by atoms with van der Waals surface area (Å²) < 4.78 is 7.29. The van der Waals surface area contributed by atoms with Crippen molar-refractivity contribution < 1.29 is 4.74 Å². The minimum absolute atomic E-state index is 0.0726. The molecule has 5 nitrogen and oxygen atoms in total. The van der Waals surface area contributed by atoms with E-state index < -0.39 is 0 Å². The summed E-state index contributed by atoms with van der Waals surface area (Å²) in [4.78, 5) is 16.0. The highest BCUT2D eigenvalue weighted by Gasteiger charge is 2.29. The maximum Gasteiger partial charge on any atom is 0.293 e.